The number of nitriles is 1. The Morgan fingerprint density at radius 3 is 2.62 bits per heavy atom. The summed E-state index contributed by atoms with van der Waals surface area (Å²) in [5.41, 5.74) is 1.83. The van der Waals surface area contributed by atoms with Crippen LogP contribution in [0.3, 0.4) is 0 Å². The molecule has 1 N–H and O–H groups in total. The molecule has 0 spiro atoms. The highest BCUT2D eigenvalue weighted by Gasteiger charge is 2.15. The van der Waals surface area contributed by atoms with Gasteiger partial charge in [-0.25, -0.2) is 0 Å². The second-order valence-corrected chi connectivity index (χ2v) is 5.95. The molecule has 3 rings (SSSR count). The van der Waals surface area contributed by atoms with Gasteiger partial charge in [0.25, 0.3) is 5.91 Å². The molecule has 0 saturated carbocycles. The van der Waals surface area contributed by atoms with Gasteiger partial charge in [-0.1, -0.05) is 19.1 Å². The highest BCUT2D eigenvalue weighted by atomic mass is 16.5. The Morgan fingerprint density at radius 2 is 1.96 bits per heavy atom. The zero-order chi connectivity index (χ0) is 18.4. The first-order chi connectivity index (χ1) is 12.7. The molecular weight excluding hydrogens is 330 g/mol. The lowest BCUT2D eigenvalue weighted by Crippen LogP contribution is -2.35. The fraction of sp³-hybridized carbons (Fsp3) is 0.300. The number of amides is 1. The van der Waals surface area contributed by atoms with Gasteiger partial charge < -0.3 is 19.4 Å². The summed E-state index contributed by atoms with van der Waals surface area (Å²) in [6, 6.07) is 13.1. The van der Waals surface area contributed by atoms with Crippen LogP contribution in [0.2, 0.25) is 0 Å². The first kappa shape index (κ1) is 17.8. The predicted octanol–water partition coefficient (Wildman–Crippen LogP) is 3.22. The van der Waals surface area contributed by atoms with Crippen molar-refractivity contribution in [1.29, 1.82) is 5.26 Å². The molecule has 1 aliphatic rings. The predicted molar refractivity (Wildman–Crippen MR) is 99.8 cm³/mol. The molecule has 0 bridgehead atoms. The lowest BCUT2D eigenvalue weighted by atomic mass is 10.1. The number of nitrogens with one attached hydrogen (secondary N) is 1. The van der Waals surface area contributed by atoms with Gasteiger partial charge in [0.2, 0.25) is 0 Å². The van der Waals surface area contributed by atoms with Crippen molar-refractivity contribution < 1.29 is 13.9 Å². The summed E-state index contributed by atoms with van der Waals surface area (Å²) in [6.07, 6.45) is 2.39. The van der Waals surface area contributed by atoms with Gasteiger partial charge in [-0.05, 0) is 30.2 Å². The molecule has 6 heteroatoms. The van der Waals surface area contributed by atoms with E-state index in [1.54, 1.807) is 6.07 Å². The lowest BCUT2D eigenvalue weighted by molar-refractivity contribution is -0.112. The monoisotopic (exact) mass is 351 g/mol. The van der Waals surface area contributed by atoms with E-state index < -0.39 is 5.91 Å². The molecule has 0 atom stereocenters. The van der Waals surface area contributed by atoms with Crippen LogP contribution >= 0.6 is 0 Å². The van der Waals surface area contributed by atoms with Crippen LogP contribution in [0.15, 0.2) is 46.4 Å². The summed E-state index contributed by atoms with van der Waals surface area (Å²) >= 11 is 0. The first-order valence-electron chi connectivity index (χ1n) is 8.64. The standard InChI is InChI=1S/C20H21N3O3/c1-2-15-3-5-17(6-4-15)22-20(24)16(14-21)13-18-7-8-19(26-18)23-9-11-25-12-10-23/h3-8,13H,2,9-12H2,1H3,(H,22,24)/b16-13+. The molecule has 2 heterocycles. The van der Waals surface area contributed by atoms with Gasteiger partial charge in [-0.15, -0.1) is 0 Å². The maximum atomic E-state index is 12.3. The van der Waals surface area contributed by atoms with Gasteiger partial charge in [0.15, 0.2) is 5.88 Å². The van der Waals surface area contributed by atoms with E-state index in [-0.39, 0.29) is 5.57 Å². The zero-order valence-corrected chi connectivity index (χ0v) is 14.7. The number of carbonyl (C=O) groups is 1. The quantitative estimate of drug-likeness (QED) is 0.661. The molecule has 0 unspecified atom stereocenters. The maximum absolute atomic E-state index is 12.3. The van der Waals surface area contributed by atoms with Gasteiger partial charge in [-0.3, -0.25) is 4.79 Å². The summed E-state index contributed by atoms with van der Waals surface area (Å²) < 4.78 is 11.1. The van der Waals surface area contributed by atoms with Crippen molar-refractivity contribution in [1.82, 2.24) is 0 Å². The fourth-order valence-corrected chi connectivity index (χ4v) is 2.69. The summed E-state index contributed by atoms with van der Waals surface area (Å²) in [6.45, 7) is 4.91. The average molecular weight is 351 g/mol. The number of ether oxygens (including phenoxy) is 1. The largest absolute Gasteiger partial charge is 0.441 e. The molecule has 2 aromatic rings. The lowest BCUT2D eigenvalue weighted by Gasteiger charge is -2.26. The number of aryl methyl sites for hydroxylation is 1. The molecule has 0 radical (unpaired) electrons. The van der Waals surface area contributed by atoms with Crippen LogP contribution in [0.4, 0.5) is 11.6 Å². The zero-order valence-electron chi connectivity index (χ0n) is 14.7. The normalized spacial score (nSPS) is 14.8. The highest BCUT2D eigenvalue weighted by Crippen LogP contribution is 2.21. The molecule has 26 heavy (non-hydrogen) atoms. The number of carbonyl (C=O) groups excluding carboxylic acids is 1. The van der Waals surface area contributed by atoms with Gasteiger partial charge in [0.1, 0.15) is 17.4 Å². The number of morpholine rings is 1. The Hall–Kier alpha value is -3.04. The molecule has 6 nitrogen and oxygen atoms in total. The Balaban J connectivity index is 1.69. The van der Waals surface area contributed by atoms with Gasteiger partial charge >= 0.3 is 0 Å². The van der Waals surface area contributed by atoms with Crippen LogP contribution in [0, 0.1) is 11.3 Å². The van der Waals surface area contributed by atoms with Crippen molar-refractivity contribution in [2.45, 2.75) is 13.3 Å². The van der Waals surface area contributed by atoms with Crippen LogP contribution < -0.4 is 10.2 Å². The Kier molecular flexibility index (Phi) is 5.72. The van der Waals surface area contributed by atoms with E-state index in [4.69, 9.17) is 9.15 Å². The van der Waals surface area contributed by atoms with Crippen molar-refractivity contribution in [3.8, 4) is 6.07 Å². The second-order valence-electron chi connectivity index (χ2n) is 5.95. The molecule has 1 aliphatic heterocycles. The third-order valence-electron chi connectivity index (χ3n) is 4.21. The van der Waals surface area contributed by atoms with Crippen molar-refractivity contribution in [2.24, 2.45) is 0 Å². The van der Waals surface area contributed by atoms with Crippen molar-refractivity contribution >= 4 is 23.6 Å². The highest BCUT2D eigenvalue weighted by molar-refractivity contribution is 6.09. The van der Waals surface area contributed by atoms with Crippen molar-refractivity contribution in [2.75, 3.05) is 36.5 Å². The number of anilines is 2. The Labute approximate surface area is 152 Å². The van der Waals surface area contributed by atoms with E-state index in [0.717, 1.165) is 19.5 Å². The maximum Gasteiger partial charge on any atom is 0.266 e. The minimum Gasteiger partial charge on any atom is -0.441 e. The van der Waals surface area contributed by atoms with Crippen LogP contribution in [-0.2, 0) is 16.0 Å². The SMILES string of the molecule is CCc1ccc(NC(=O)/C(C#N)=C/c2ccc(N3CCOCC3)o2)cc1. The van der Waals surface area contributed by atoms with Crippen LogP contribution in [0.1, 0.15) is 18.2 Å². The van der Waals surface area contributed by atoms with E-state index in [1.807, 2.05) is 36.4 Å². The number of furan rings is 1. The van der Waals surface area contributed by atoms with E-state index in [9.17, 15) is 10.1 Å². The minimum atomic E-state index is -0.457. The molecule has 1 aromatic heterocycles. The summed E-state index contributed by atoms with van der Waals surface area (Å²) in [4.78, 5) is 14.4. The van der Waals surface area contributed by atoms with Crippen molar-refractivity contribution in [3.63, 3.8) is 0 Å². The molecule has 1 saturated heterocycles. The third-order valence-corrected chi connectivity index (χ3v) is 4.21. The van der Waals surface area contributed by atoms with Crippen molar-refractivity contribution in [3.05, 3.63) is 53.3 Å². The summed E-state index contributed by atoms with van der Waals surface area (Å²) in [7, 11) is 0. The average Bonchev–Trinajstić information content (AvgIpc) is 3.16. The van der Waals surface area contributed by atoms with Crippen LogP contribution in [0.25, 0.3) is 6.08 Å². The number of nitrogens with zero attached hydrogens (tertiary/aromatic N) is 2. The molecule has 1 aromatic carbocycles. The molecular formula is C20H21N3O3. The Morgan fingerprint density at radius 1 is 1.23 bits per heavy atom. The van der Waals surface area contributed by atoms with E-state index in [1.165, 1.54) is 11.6 Å². The number of benzene rings is 1. The number of hydrogen-bond donors (Lipinski definition) is 1. The smallest absolute Gasteiger partial charge is 0.266 e. The van der Waals surface area contributed by atoms with E-state index in [0.29, 0.717) is 30.5 Å². The number of hydrogen-bond acceptors (Lipinski definition) is 5. The number of rotatable bonds is 5. The van der Waals surface area contributed by atoms with Crippen LogP contribution in [-0.4, -0.2) is 32.2 Å². The molecule has 1 amide bonds. The van der Waals surface area contributed by atoms with E-state index >= 15 is 0 Å². The second kappa shape index (κ2) is 8.37. The van der Waals surface area contributed by atoms with Gasteiger partial charge in [0.05, 0.1) is 13.2 Å². The first-order valence-corrected chi connectivity index (χ1v) is 8.64. The van der Waals surface area contributed by atoms with Gasteiger partial charge in [-0.2, -0.15) is 5.26 Å². The molecule has 0 aliphatic carbocycles. The van der Waals surface area contributed by atoms with E-state index in [2.05, 4.69) is 17.1 Å². The summed E-state index contributed by atoms with van der Waals surface area (Å²) in [5.74, 6) is 0.730. The third kappa shape index (κ3) is 4.32. The molecule has 1 fully saturated rings. The van der Waals surface area contributed by atoms with Gasteiger partial charge in [0, 0.05) is 30.9 Å². The molecule has 134 valence electrons. The summed E-state index contributed by atoms with van der Waals surface area (Å²) in [5, 5.41) is 12.1. The fourth-order valence-electron chi connectivity index (χ4n) is 2.69. The Bertz CT molecular complexity index is 825. The minimum absolute atomic E-state index is 0.00699. The van der Waals surface area contributed by atoms with Crippen LogP contribution in [0.5, 0.6) is 0 Å². The topological polar surface area (TPSA) is 78.5 Å².